The van der Waals surface area contributed by atoms with Crippen LogP contribution >= 0.6 is 0 Å². The molecular formula is C11H18N2O. The Balaban J connectivity index is 2.66. The number of nitrogens with zero attached hydrogens (tertiary/aromatic N) is 1. The highest BCUT2D eigenvalue weighted by molar-refractivity contribution is 5.48. The van der Waals surface area contributed by atoms with Gasteiger partial charge in [0.25, 0.3) is 0 Å². The van der Waals surface area contributed by atoms with Crippen molar-refractivity contribution in [1.82, 2.24) is 0 Å². The Labute approximate surface area is 85.5 Å². The number of likely N-dealkylation sites (N-methyl/N-ethyl adjacent to an activating group) is 1. The van der Waals surface area contributed by atoms with Crippen molar-refractivity contribution in [3.8, 4) is 5.75 Å². The van der Waals surface area contributed by atoms with Crippen LogP contribution in [-0.4, -0.2) is 26.7 Å². The molecule has 0 aromatic heterocycles. The number of nitrogens with two attached hydrogens (primary N) is 1. The second-order valence-corrected chi connectivity index (χ2v) is 3.56. The quantitative estimate of drug-likeness (QED) is 0.789. The van der Waals surface area contributed by atoms with E-state index in [9.17, 15) is 0 Å². The molecule has 0 bridgehead atoms. The third-order valence-electron chi connectivity index (χ3n) is 2.08. The highest BCUT2D eigenvalue weighted by Gasteiger charge is 2.02. The summed E-state index contributed by atoms with van der Waals surface area (Å²) in [5, 5.41) is 0. The van der Waals surface area contributed by atoms with Gasteiger partial charge in [0.15, 0.2) is 0 Å². The number of methoxy groups -OCH3 is 1. The lowest BCUT2D eigenvalue weighted by Gasteiger charge is -2.21. The highest BCUT2D eigenvalue weighted by Crippen LogP contribution is 2.17. The zero-order valence-electron chi connectivity index (χ0n) is 9.03. The van der Waals surface area contributed by atoms with Crippen molar-refractivity contribution < 1.29 is 4.74 Å². The van der Waals surface area contributed by atoms with E-state index < -0.39 is 0 Å². The van der Waals surface area contributed by atoms with Gasteiger partial charge in [-0.2, -0.15) is 0 Å². The van der Waals surface area contributed by atoms with E-state index in [1.54, 1.807) is 7.11 Å². The number of anilines is 1. The van der Waals surface area contributed by atoms with Gasteiger partial charge in [0, 0.05) is 25.3 Å². The maximum atomic E-state index is 5.72. The first-order valence-electron chi connectivity index (χ1n) is 4.74. The van der Waals surface area contributed by atoms with Gasteiger partial charge in [0.2, 0.25) is 0 Å². The molecule has 1 atom stereocenters. The second kappa shape index (κ2) is 4.86. The lowest BCUT2D eigenvalue weighted by Crippen LogP contribution is -2.32. The third-order valence-corrected chi connectivity index (χ3v) is 2.08. The number of hydrogen-bond donors (Lipinski definition) is 1. The molecule has 0 amide bonds. The first-order chi connectivity index (χ1) is 6.63. The summed E-state index contributed by atoms with van der Waals surface area (Å²) in [6.45, 7) is 2.85. The molecule has 3 nitrogen and oxygen atoms in total. The van der Waals surface area contributed by atoms with Crippen LogP contribution in [0.5, 0.6) is 5.75 Å². The molecule has 0 saturated carbocycles. The van der Waals surface area contributed by atoms with Gasteiger partial charge in [0.05, 0.1) is 7.11 Å². The predicted molar refractivity (Wildman–Crippen MR) is 59.9 cm³/mol. The second-order valence-electron chi connectivity index (χ2n) is 3.56. The van der Waals surface area contributed by atoms with E-state index in [0.29, 0.717) is 0 Å². The molecule has 0 aliphatic heterocycles. The van der Waals surface area contributed by atoms with E-state index in [2.05, 4.69) is 4.90 Å². The van der Waals surface area contributed by atoms with Crippen LogP contribution in [0, 0.1) is 0 Å². The van der Waals surface area contributed by atoms with Crippen LogP contribution in [0.3, 0.4) is 0 Å². The smallest absolute Gasteiger partial charge is 0.119 e. The molecule has 0 aliphatic carbocycles. The van der Waals surface area contributed by atoms with Crippen LogP contribution < -0.4 is 15.4 Å². The van der Waals surface area contributed by atoms with Gasteiger partial charge >= 0.3 is 0 Å². The zero-order chi connectivity index (χ0) is 10.6. The molecule has 3 heteroatoms. The van der Waals surface area contributed by atoms with Gasteiger partial charge in [-0.1, -0.05) is 0 Å². The number of benzene rings is 1. The molecule has 1 aromatic carbocycles. The first-order valence-corrected chi connectivity index (χ1v) is 4.74. The first kappa shape index (κ1) is 10.9. The Morgan fingerprint density at radius 3 is 2.36 bits per heavy atom. The standard InChI is InChI=1S/C11H18N2O/c1-9(12)8-13(2)10-4-6-11(14-3)7-5-10/h4-7,9H,8,12H2,1-3H3/t9-/m1/s1. The molecule has 0 heterocycles. The topological polar surface area (TPSA) is 38.5 Å². The van der Waals surface area contributed by atoms with E-state index >= 15 is 0 Å². The maximum Gasteiger partial charge on any atom is 0.119 e. The van der Waals surface area contributed by atoms with Crippen molar-refractivity contribution >= 4 is 5.69 Å². The van der Waals surface area contributed by atoms with Crippen LogP contribution in [0.25, 0.3) is 0 Å². The van der Waals surface area contributed by atoms with E-state index in [4.69, 9.17) is 10.5 Å². The van der Waals surface area contributed by atoms with Gasteiger partial charge in [0.1, 0.15) is 5.75 Å². The Morgan fingerprint density at radius 1 is 1.36 bits per heavy atom. The summed E-state index contributed by atoms with van der Waals surface area (Å²) >= 11 is 0. The largest absolute Gasteiger partial charge is 0.497 e. The fourth-order valence-corrected chi connectivity index (χ4v) is 1.37. The molecular weight excluding hydrogens is 176 g/mol. The average molecular weight is 194 g/mol. The Bertz CT molecular complexity index is 269. The van der Waals surface area contributed by atoms with E-state index in [1.807, 2.05) is 38.2 Å². The Kier molecular flexibility index (Phi) is 3.77. The van der Waals surface area contributed by atoms with E-state index in [1.165, 1.54) is 0 Å². The van der Waals surface area contributed by atoms with Gasteiger partial charge < -0.3 is 15.4 Å². The highest BCUT2D eigenvalue weighted by atomic mass is 16.5. The van der Waals surface area contributed by atoms with Crippen LogP contribution in [0.15, 0.2) is 24.3 Å². The molecule has 78 valence electrons. The van der Waals surface area contributed by atoms with Crippen LogP contribution in [0.4, 0.5) is 5.69 Å². The molecule has 1 aromatic rings. The summed E-state index contributed by atoms with van der Waals surface area (Å²) in [5.41, 5.74) is 6.88. The maximum absolute atomic E-state index is 5.72. The monoisotopic (exact) mass is 194 g/mol. The molecule has 0 radical (unpaired) electrons. The van der Waals surface area contributed by atoms with Crippen molar-refractivity contribution in [3.63, 3.8) is 0 Å². The molecule has 0 unspecified atom stereocenters. The molecule has 0 spiro atoms. The van der Waals surface area contributed by atoms with E-state index in [-0.39, 0.29) is 6.04 Å². The number of hydrogen-bond acceptors (Lipinski definition) is 3. The number of rotatable bonds is 4. The van der Waals surface area contributed by atoms with Crippen molar-refractivity contribution in [2.24, 2.45) is 5.73 Å². The predicted octanol–water partition coefficient (Wildman–Crippen LogP) is 1.48. The van der Waals surface area contributed by atoms with Crippen molar-refractivity contribution in [2.45, 2.75) is 13.0 Å². The van der Waals surface area contributed by atoms with Gasteiger partial charge in [-0.05, 0) is 31.2 Å². The van der Waals surface area contributed by atoms with Gasteiger partial charge in [-0.15, -0.1) is 0 Å². The van der Waals surface area contributed by atoms with Crippen molar-refractivity contribution in [1.29, 1.82) is 0 Å². The molecule has 14 heavy (non-hydrogen) atoms. The molecule has 0 fully saturated rings. The molecule has 2 N–H and O–H groups in total. The number of ether oxygens (including phenoxy) is 1. The van der Waals surface area contributed by atoms with Gasteiger partial charge in [-0.25, -0.2) is 0 Å². The lowest BCUT2D eigenvalue weighted by molar-refractivity contribution is 0.415. The average Bonchev–Trinajstić information content (AvgIpc) is 2.17. The summed E-state index contributed by atoms with van der Waals surface area (Å²) in [4.78, 5) is 2.13. The van der Waals surface area contributed by atoms with Crippen molar-refractivity contribution in [2.75, 3.05) is 25.6 Å². The third kappa shape index (κ3) is 2.92. The molecule has 0 aliphatic rings. The normalized spacial score (nSPS) is 12.3. The summed E-state index contributed by atoms with van der Waals surface area (Å²) in [6.07, 6.45) is 0. The summed E-state index contributed by atoms with van der Waals surface area (Å²) in [5.74, 6) is 0.878. The minimum Gasteiger partial charge on any atom is -0.497 e. The van der Waals surface area contributed by atoms with Crippen LogP contribution in [0.1, 0.15) is 6.92 Å². The van der Waals surface area contributed by atoms with Crippen LogP contribution in [-0.2, 0) is 0 Å². The minimum atomic E-state index is 0.183. The Morgan fingerprint density at radius 2 is 1.93 bits per heavy atom. The summed E-state index contributed by atoms with van der Waals surface area (Å²) in [7, 11) is 3.70. The Hall–Kier alpha value is -1.22. The van der Waals surface area contributed by atoms with E-state index in [0.717, 1.165) is 18.0 Å². The minimum absolute atomic E-state index is 0.183. The molecule has 0 saturated heterocycles. The summed E-state index contributed by atoms with van der Waals surface area (Å²) in [6, 6.07) is 8.14. The molecule has 1 rings (SSSR count). The summed E-state index contributed by atoms with van der Waals surface area (Å²) < 4.78 is 5.09. The van der Waals surface area contributed by atoms with Gasteiger partial charge in [-0.3, -0.25) is 0 Å². The zero-order valence-corrected chi connectivity index (χ0v) is 9.03. The fraction of sp³-hybridized carbons (Fsp3) is 0.455. The fourth-order valence-electron chi connectivity index (χ4n) is 1.37. The van der Waals surface area contributed by atoms with Crippen LogP contribution in [0.2, 0.25) is 0 Å². The lowest BCUT2D eigenvalue weighted by atomic mass is 10.2. The SMILES string of the molecule is COc1ccc(N(C)C[C@@H](C)N)cc1. The van der Waals surface area contributed by atoms with Crippen molar-refractivity contribution in [3.05, 3.63) is 24.3 Å².